The van der Waals surface area contributed by atoms with Gasteiger partial charge in [-0.05, 0) is 31.6 Å². The van der Waals surface area contributed by atoms with Gasteiger partial charge in [0.2, 0.25) is 5.91 Å². The summed E-state index contributed by atoms with van der Waals surface area (Å²) < 4.78 is 5.23. The van der Waals surface area contributed by atoms with E-state index < -0.39 is 0 Å². The highest BCUT2D eigenvalue weighted by Gasteiger charge is 2.36. The summed E-state index contributed by atoms with van der Waals surface area (Å²) in [7, 11) is 0. The summed E-state index contributed by atoms with van der Waals surface area (Å²) >= 11 is 0. The number of carbonyl (C=O) groups is 1. The van der Waals surface area contributed by atoms with Crippen molar-refractivity contribution in [3.8, 4) is 0 Å². The SMILES string of the molecule is C=COC1NC1CCCCCCC(=O)NCC1CC1. The molecule has 1 amide bonds. The molecule has 4 nitrogen and oxygen atoms in total. The summed E-state index contributed by atoms with van der Waals surface area (Å²) in [5.74, 6) is 1.01. The number of rotatable bonds is 11. The smallest absolute Gasteiger partial charge is 0.220 e. The Labute approximate surface area is 116 Å². The minimum Gasteiger partial charge on any atom is -0.482 e. The van der Waals surface area contributed by atoms with Gasteiger partial charge >= 0.3 is 0 Å². The third-order valence-corrected chi connectivity index (χ3v) is 3.83. The maximum atomic E-state index is 11.5. The molecule has 2 aliphatic rings. The van der Waals surface area contributed by atoms with Crippen molar-refractivity contribution in [2.75, 3.05) is 6.54 Å². The molecule has 19 heavy (non-hydrogen) atoms. The minimum atomic E-state index is 0.200. The van der Waals surface area contributed by atoms with E-state index in [-0.39, 0.29) is 12.1 Å². The van der Waals surface area contributed by atoms with Gasteiger partial charge in [0.05, 0.1) is 12.3 Å². The lowest BCUT2D eigenvalue weighted by atomic mass is 10.1. The number of amides is 1. The van der Waals surface area contributed by atoms with Gasteiger partial charge < -0.3 is 10.1 Å². The molecular formula is C15H26N2O2. The zero-order valence-corrected chi connectivity index (χ0v) is 11.7. The lowest BCUT2D eigenvalue weighted by Gasteiger charge is -2.04. The highest BCUT2D eigenvalue weighted by Crippen LogP contribution is 2.27. The van der Waals surface area contributed by atoms with E-state index in [9.17, 15) is 4.79 Å². The van der Waals surface area contributed by atoms with Crippen molar-refractivity contribution in [3.63, 3.8) is 0 Å². The quantitative estimate of drug-likeness (QED) is 0.343. The molecule has 1 saturated heterocycles. The summed E-state index contributed by atoms with van der Waals surface area (Å²) in [6.07, 6.45) is 10.7. The standard InChI is InChI=1S/C15H26N2O2/c1-2-19-15-13(17-15)7-5-3-4-6-8-14(18)16-11-12-9-10-12/h2,12-13,15,17H,1,3-11H2,(H,16,18). The first kappa shape index (κ1) is 14.4. The molecule has 2 rings (SSSR count). The van der Waals surface area contributed by atoms with Gasteiger partial charge in [0, 0.05) is 13.0 Å². The average molecular weight is 266 g/mol. The normalized spacial score (nSPS) is 24.8. The van der Waals surface area contributed by atoms with Gasteiger partial charge in [-0.25, -0.2) is 0 Å². The number of nitrogens with one attached hydrogen (secondary N) is 2. The monoisotopic (exact) mass is 266 g/mol. The second-order valence-corrected chi connectivity index (χ2v) is 5.70. The van der Waals surface area contributed by atoms with Crippen LogP contribution in [-0.4, -0.2) is 24.7 Å². The summed E-state index contributed by atoms with van der Waals surface area (Å²) in [6.45, 7) is 4.44. The van der Waals surface area contributed by atoms with Crippen molar-refractivity contribution in [2.45, 2.75) is 63.6 Å². The summed E-state index contributed by atoms with van der Waals surface area (Å²) in [5, 5.41) is 6.26. The molecular weight excluding hydrogens is 240 g/mol. The van der Waals surface area contributed by atoms with Gasteiger partial charge in [-0.15, -0.1) is 0 Å². The first-order valence-electron chi connectivity index (χ1n) is 7.58. The predicted molar refractivity (Wildman–Crippen MR) is 75.4 cm³/mol. The van der Waals surface area contributed by atoms with Crippen LogP contribution in [0.4, 0.5) is 0 Å². The van der Waals surface area contributed by atoms with Crippen molar-refractivity contribution in [1.29, 1.82) is 0 Å². The van der Waals surface area contributed by atoms with Gasteiger partial charge in [0.25, 0.3) is 0 Å². The second-order valence-electron chi connectivity index (χ2n) is 5.70. The highest BCUT2D eigenvalue weighted by atomic mass is 16.5. The van der Waals surface area contributed by atoms with E-state index in [1.807, 2.05) is 0 Å². The van der Waals surface area contributed by atoms with Crippen molar-refractivity contribution in [1.82, 2.24) is 10.6 Å². The highest BCUT2D eigenvalue weighted by molar-refractivity contribution is 5.75. The van der Waals surface area contributed by atoms with Gasteiger partial charge in [0.1, 0.15) is 0 Å². The largest absolute Gasteiger partial charge is 0.482 e. The Morgan fingerprint density at radius 2 is 2.11 bits per heavy atom. The molecule has 0 bridgehead atoms. The Hall–Kier alpha value is -1.03. The van der Waals surface area contributed by atoms with Gasteiger partial charge in [-0.1, -0.05) is 25.8 Å². The van der Waals surface area contributed by atoms with Crippen molar-refractivity contribution in [2.24, 2.45) is 5.92 Å². The average Bonchev–Trinajstić information content (AvgIpc) is 3.28. The number of carbonyl (C=O) groups excluding carboxylic acids is 1. The summed E-state index contributed by atoms with van der Waals surface area (Å²) in [6, 6.07) is 0.514. The summed E-state index contributed by atoms with van der Waals surface area (Å²) in [5.41, 5.74) is 0. The van der Waals surface area contributed by atoms with Crippen LogP contribution in [0.25, 0.3) is 0 Å². The van der Waals surface area contributed by atoms with Crippen molar-refractivity contribution in [3.05, 3.63) is 12.8 Å². The van der Waals surface area contributed by atoms with E-state index in [0.717, 1.165) is 31.7 Å². The van der Waals surface area contributed by atoms with Gasteiger partial charge in [-0.2, -0.15) is 0 Å². The zero-order valence-electron chi connectivity index (χ0n) is 11.7. The molecule has 108 valence electrons. The van der Waals surface area contributed by atoms with Gasteiger partial charge in [0.15, 0.2) is 6.23 Å². The number of hydrogen-bond acceptors (Lipinski definition) is 3. The van der Waals surface area contributed by atoms with Crippen molar-refractivity contribution >= 4 is 5.91 Å². The zero-order chi connectivity index (χ0) is 13.5. The van der Waals surface area contributed by atoms with Gasteiger partial charge in [-0.3, -0.25) is 10.1 Å². The number of ether oxygens (including phenoxy) is 1. The van der Waals surface area contributed by atoms with Crippen LogP contribution in [0.5, 0.6) is 0 Å². The third-order valence-electron chi connectivity index (χ3n) is 3.83. The van der Waals surface area contributed by atoms with E-state index in [4.69, 9.17) is 4.74 Å². The van der Waals surface area contributed by atoms with E-state index in [1.165, 1.54) is 31.9 Å². The van der Waals surface area contributed by atoms with Crippen molar-refractivity contribution < 1.29 is 9.53 Å². The molecule has 1 aliphatic carbocycles. The van der Waals surface area contributed by atoms with Crippen LogP contribution in [0.2, 0.25) is 0 Å². The van der Waals surface area contributed by atoms with Crippen LogP contribution in [0, 0.1) is 5.92 Å². The van der Waals surface area contributed by atoms with Crippen LogP contribution in [-0.2, 0) is 9.53 Å². The fourth-order valence-electron chi connectivity index (χ4n) is 2.30. The molecule has 0 spiro atoms. The maximum absolute atomic E-state index is 11.5. The lowest BCUT2D eigenvalue weighted by molar-refractivity contribution is -0.121. The third kappa shape index (κ3) is 6.10. The Morgan fingerprint density at radius 3 is 2.84 bits per heavy atom. The topological polar surface area (TPSA) is 60.3 Å². The Morgan fingerprint density at radius 1 is 1.32 bits per heavy atom. The molecule has 2 N–H and O–H groups in total. The first-order chi connectivity index (χ1) is 9.29. The summed E-state index contributed by atoms with van der Waals surface area (Å²) in [4.78, 5) is 11.5. The molecule has 1 aliphatic heterocycles. The van der Waals surface area contributed by atoms with E-state index >= 15 is 0 Å². The minimum absolute atomic E-state index is 0.200. The molecule has 1 heterocycles. The van der Waals surface area contributed by atoms with Crippen LogP contribution in [0.3, 0.4) is 0 Å². The van der Waals surface area contributed by atoms with Crippen LogP contribution in [0.1, 0.15) is 51.4 Å². The molecule has 4 heteroatoms. The van der Waals surface area contributed by atoms with Crippen LogP contribution >= 0.6 is 0 Å². The van der Waals surface area contributed by atoms with E-state index in [1.54, 1.807) is 0 Å². The fraction of sp³-hybridized carbons (Fsp3) is 0.800. The molecule has 0 aromatic rings. The lowest BCUT2D eigenvalue weighted by Crippen LogP contribution is -2.25. The molecule has 0 aromatic heterocycles. The predicted octanol–water partition coefficient (Wildman–Crippen LogP) is 2.31. The van der Waals surface area contributed by atoms with Crippen LogP contribution in [0.15, 0.2) is 12.8 Å². The molecule has 1 saturated carbocycles. The molecule has 2 fully saturated rings. The van der Waals surface area contributed by atoms with E-state index in [0.29, 0.717) is 12.5 Å². The number of unbranched alkanes of at least 4 members (excludes halogenated alkanes) is 3. The Bertz CT molecular complexity index is 303. The Balaban J connectivity index is 1.34. The maximum Gasteiger partial charge on any atom is 0.220 e. The fourth-order valence-corrected chi connectivity index (χ4v) is 2.30. The second kappa shape index (κ2) is 7.53. The molecule has 2 atom stereocenters. The molecule has 0 aromatic carbocycles. The number of hydrogen-bond donors (Lipinski definition) is 2. The first-order valence-corrected chi connectivity index (χ1v) is 7.58. The van der Waals surface area contributed by atoms with Crippen LogP contribution < -0.4 is 10.6 Å². The molecule has 2 unspecified atom stereocenters. The molecule has 0 radical (unpaired) electrons. The Kier molecular flexibility index (Phi) is 5.70. The van der Waals surface area contributed by atoms with E-state index in [2.05, 4.69) is 17.2 Å².